The molecule has 3 amide bonds. The van der Waals surface area contributed by atoms with Gasteiger partial charge in [0.25, 0.3) is 5.91 Å². The lowest BCUT2D eigenvalue weighted by Gasteiger charge is -2.43. The van der Waals surface area contributed by atoms with Gasteiger partial charge >= 0.3 is 6.09 Å². The van der Waals surface area contributed by atoms with Crippen molar-refractivity contribution in [2.75, 3.05) is 12.4 Å². The summed E-state index contributed by atoms with van der Waals surface area (Å²) in [6.45, 7) is 10.6. The number of anilines is 1. The van der Waals surface area contributed by atoms with Crippen molar-refractivity contribution >= 4 is 23.6 Å². The number of carbonyl (C=O) groups excluding carboxylic acids is 3. The second-order valence-corrected chi connectivity index (χ2v) is 12.3. The van der Waals surface area contributed by atoms with Crippen LogP contribution in [0.3, 0.4) is 0 Å². The van der Waals surface area contributed by atoms with Crippen molar-refractivity contribution in [3.8, 4) is 23.8 Å². The summed E-state index contributed by atoms with van der Waals surface area (Å²) in [6, 6.07) is 17.8. The quantitative estimate of drug-likeness (QED) is 0.267. The maximum absolute atomic E-state index is 14.6. The zero-order chi connectivity index (χ0) is 32.7. The summed E-state index contributed by atoms with van der Waals surface area (Å²) in [5.74, 6) is 2.29. The number of phenolic OH excluding ortho intramolecular Hbond substituents is 1. The van der Waals surface area contributed by atoms with Crippen molar-refractivity contribution in [3.63, 3.8) is 0 Å². The molecule has 0 spiro atoms. The van der Waals surface area contributed by atoms with E-state index in [1.165, 1.54) is 17.0 Å². The van der Waals surface area contributed by atoms with E-state index in [1.807, 2.05) is 20.8 Å². The van der Waals surface area contributed by atoms with Crippen LogP contribution in [0.2, 0.25) is 0 Å². The second kappa shape index (κ2) is 14.0. The van der Waals surface area contributed by atoms with Gasteiger partial charge in [0.15, 0.2) is 0 Å². The standard InChI is InChI=1S/C35H41N3O6/c1-9-23-10-14-25(15-11-23)30(31(40)36-26-16-20-28(43-8)21-17-26)38(34(2,3)4)32(41)29(37-33(42)44-35(5,6)7)22-24-12-18-27(39)19-13-24/h1,10-21,29-30,39H,22H2,2-8H3,(H,36,40)(H,37,42). The van der Waals surface area contributed by atoms with Gasteiger partial charge in [0, 0.05) is 23.2 Å². The fourth-order valence-electron chi connectivity index (χ4n) is 4.59. The Hall–Kier alpha value is -4.97. The maximum Gasteiger partial charge on any atom is 0.408 e. The molecule has 3 rings (SSSR count). The monoisotopic (exact) mass is 599 g/mol. The molecular weight excluding hydrogens is 558 g/mol. The van der Waals surface area contributed by atoms with Crippen molar-refractivity contribution < 1.29 is 29.0 Å². The molecule has 0 aliphatic rings. The number of methoxy groups -OCH3 is 1. The van der Waals surface area contributed by atoms with Crippen LogP contribution in [0.1, 0.15) is 64.3 Å². The third kappa shape index (κ3) is 9.27. The highest BCUT2D eigenvalue weighted by Crippen LogP contribution is 2.32. The van der Waals surface area contributed by atoms with Gasteiger partial charge in [-0.1, -0.05) is 30.2 Å². The lowest BCUT2D eigenvalue weighted by atomic mass is 9.93. The van der Waals surface area contributed by atoms with Crippen molar-refractivity contribution in [2.24, 2.45) is 0 Å². The Balaban J connectivity index is 2.10. The third-order valence-corrected chi connectivity index (χ3v) is 6.58. The molecule has 0 aliphatic heterocycles. The van der Waals surface area contributed by atoms with Crippen LogP contribution in [0.15, 0.2) is 72.8 Å². The zero-order valence-electron chi connectivity index (χ0n) is 26.3. The average Bonchev–Trinajstić information content (AvgIpc) is 2.95. The maximum atomic E-state index is 14.6. The van der Waals surface area contributed by atoms with E-state index < -0.39 is 41.1 Å². The van der Waals surface area contributed by atoms with Crippen LogP contribution in [0.25, 0.3) is 0 Å². The number of nitrogens with zero attached hydrogens (tertiary/aromatic N) is 1. The van der Waals surface area contributed by atoms with Crippen LogP contribution in [-0.4, -0.2) is 52.2 Å². The summed E-state index contributed by atoms with van der Waals surface area (Å²) >= 11 is 0. The van der Waals surface area contributed by atoms with Crippen LogP contribution in [0.4, 0.5) is 10.5 Å². The van der Waals surface area contributed by atoms with E-state index in [4.69, 9.17) is 15.9 Å². The predicted molar refractivity (Wildman–Crippen MR) is 170 cm³/mol. The normalized spacial score (nSPS) is 12.7. The molecular formula is C35H41N3O6. The number of phenols is 1. The van der Waals surface area contributed by atoms with E-state index in [1.54, 1.807) is 88.5 Å². The van der Waals surface area contributed by atoms with E-state index in [0.29, 0.717) is 28.1 Å². The smallest absolute Gasteiger partial charge is 0.408 e. The first kappa shape index (κ1) is 33.5. The molecule has 9 heteroatoms. The van der Waals surface area contributed by atoms with Crippen LogP contribution < -0.4 is 15.4 Å². The van der Waals surface area contributed by atoms with E-state index in [9.17, 15) is 19.5 Å². The van der Waals surface area contributed by atoms with Gasteiger partial charge in [-0.3, -0.25) is 9.59 Å². The van der Waals surface area contributed by atoms with E-state index in [2.05, 4.69) is 16.6 Å². The molecule has 232 valence electrons. The predicted octanol–water partition coefficient (Wildman–Crippen LogP) is 5.83. The number of nitrogens with one attached hydrogen (secondary N) is 2. The van der Waals surface area contributed by atoms with Crippen LogP contribution in [0, 0.1) is 12.3 Å². The lowest BCUT2D eigenvalue weighted by Crippen LogP contribution is -2.58. The summed E-state index contributed by atoms with van der Waals surface area (Å²) in [5.41, 5.74) is 0.637. The molecule has 0 aliphatic carbocycles. The molecule has 0 fully saturated rings. The number of alkyl carbamates (subject to hydrolysis) is 1. The van der Waals surface area contributed by atoms with Crippen LogP contribution >= 0.6 is 0 Å². The minimum absolute atomic E-state index is 0.0683. The van der Waals surface area contributed by atoms with Gasteiger partial charge in [-0.2, -0.15) is 0 Å². The van der Waals surface area contributed by atoms with Crippen molar-refractivity contribution in [3.05, 3.63) is 89.5 Å². The van der Waals surface area contributed by atoms with Gasteiger partial charge < -0.3 is 30.1 Å². The number of ether oxygens (including phenoxy) is 2. The Morgan fingerprint density at radius 2 is 1.50 bits per heavy atom. The summed E-state index contributed by atoms with van der Waals surface area (Å²) in [6.07, 6.45) is 4.88. The average molecular weight is 600 g/mol. The third-order valence-electron chi connectivity index (χ3n) is 6.58. The fourth-order valence-corrected chi connectivity index (χ4v) is 4.59. The molecule has 44 heavy (non-hydrogen) atoms. The number of hydrogen-bond donors (Lipinski definition) is 3. The highest BCUT2D eigenvalue weighted by molar-refractivity contribution is 5.99. The molecule has 2 atom stereocenters. The van der Waals surface area contributed by atoms with E-state index >= 15 is 0 Å². The zero-order valence-corrected chi connectivity index (χ0v) is 26.3. The first-order valence-electron chi connectivity index (χ1n) is 14.2. The fraction of sp³-hybridized carbons (Fsp3) is 0.343. The Bertz CT molecular complexity index is 1480. The van der Waals surface area contributed by atoms with Crippen molar-refractivity contribution in [2.45, 2.75) is 71.2 Å². The van der Waals surface area contributed by atoms with Crippen LogP contribution in [0.5, 0.6) is 11.5 Å². The first-order valence-corrected chi connectivity index (χ1v) is 14.2. The van der Waals surface area contributed by atoms with Crippen molar-refractivity contribution in [1.29, 1.82) is 0 Å². The molecule has 0 bridgehead atoms. The lowest BCUT2D eigenvalue weighted by molar-refractivity contribution is -0.146. The summed E-state index contributed by atoms with van der Waals surface area (Å²) in [4.78, 5) is 43.2. The largest absolute Gasteiger partial charge is 0.508 e. The van der Waals surface area contributed by atoms with Gasteiger partial charge in [-0.05, 0) is 101 Å². The number of benzene rings is 3. The number of aromatic hydroxyl groups is 1. The second-order valence-electron chi connectivity index (χ2n) is 12.3. The number of hydrogen-bond acceptors (Lipinski definition) is 6. The van der Waals surface area contributed by atoms with Gasteiger partial charge in [-0.25, -0.2) is 4.79 Å². The molecule has 9 nitrogen and oxygen atoms in total. The van der Waals surface area contributed by atoms with E-state index in [0.717, 1.165) is 0 Å². The molecule has 0 saturated heterocycles. The first-order chi connectivity index (χ1) is 20.6. The van der Waals surface area contributed by atoms with Gasteiger partial charge in [0.2, 0.25) is 5.91 Å². The Morgan fingerprint density at radius 3 is 2.00 bits per heavy atom. The Kier molecular flexibility index (Phi) is 10.7. The SMILES string of the molecule is C#Cc1ccc(C(C(=O)Nc2ccc(OC)cc2)N(C(=O)C(Cc2ccc(O)cc2)NC(=O)OC(C)(C)C)C(C)(C)C)cc1. The summed E-state index contributed by atoms with van der Waals surface area (Å²) in [7, 11) is 1.55. The van der Waals surface area contributed by atoms with Crippen LogP contribution in [-0.2, 0) is 20.7 Å². The van der Waals surface area contributed by atoms with Crippen molar-refractivity contribution in [1.82, 2.24) is 10.2 Å². The molecule has 2 unspecified atom stereocenters. The summed E-state index contributed by atoms with van der Waals surface area (Å²) < 4.78 is 10.7. The molecule has 0 aromatic heterocycles. The highest BCUT2D eigenvalue weighted by Gasteiger charge is 2.42. The Morgan fingerprint density at radius 1 is 0.909 bits per heavy atom. The molecule has 3 aromatic rings. The number of amides is 3. The number of terminal acetylenes is 1. The topological polar surface area (TPSA) is 117 Å². The molecule has 0 radical (unpaired) electrons. The van der Waals surface area contributed by atoms with Gasteiger partial charge in [0.05, 0.1) is 7.11 Å². The number of carbonyl (C=O) groups is 3. The minimum atomic E-state index is -1.12. The number of rotatable bonds is 9. The highest BCUT2D eigenvalue weighted by atomic mass is 16.6. The molecule has 0 saturated carbocycles. The molecule has 0 heterocycles. The van der Waals surface area contributed by atoms with Gasteiger partial charge in [0.1, 0.15) is 29.2 Å². The summed E-state index contributed by atoms with van der Waals surface area (Å²) in [5, 5.41) is 15.4. The van der Waals surface area contributed by atoms with E-state index in [-0.39, 0.29) is 12.2 Å². The minimum Gasteiger partial charge on any atom is -0.508 e. The molecule has 3 aromatic carbocycles. The molecule has 3 N–H and O–H groups in total. The van der Waals surface area contributed by atoms with Gasteiger partial charge in [-0.15, -0.1) is 6.42 Å². The Labute approximate surface area is 259 Å².